The van der Waals surface area contributed by atoms with E-state index in [1.807, 2.05) is 0 Å². The number of rotatable bonds is 3. The molecule has 2 amide bonds. The van der Waals surface area contributed by atoms with Crippen molar-refractivity contribution in [2.75, 3.05) is 6.54 Å². The Hall–Kier alpha value is -2.78. The van der Waals surface area contributed by atoms with Gasteiger partial charge < -0.3 is 4.90 Å². The fourth-order valence-electron chi connectivity index (χ4n) is 3.46. The van der Waals surface area contributed by atoms with Gasteiger partial charge in [0.2, 0.25) is 0 Å². The van der Waals surface area contributed by atoms with Crippen LogP contribution in [0.3, 0.4) is 0 Å². The van der Waals surface area contributed by atoms with Crippen LogP contribution in [-0.4, -0.2) is 42.0 Å². The van der Waals surface area contributed by atoms with Gasteiger partial charge in [-0.05, 0) is 30.7 Å². The normalized spacial score (nSPS) is 19.6. The quantitative estimate of drug-likeness (QED) is 0.656. The average Bonchev–Trinajstić information content (AvgIpc) is 2.73. The second kappa shape index (κ2) is 8.16. The summed E-state index contributed by atoms with van der Waals surface area (Å²) >= 11 is 6.31. The fourth-order valence-corrected chi connectivity index (χ4v) is 4.70. The van der Waals surface area contributed by atoms with E-state index in [9.17, 15) is 17.6 Å². The van der Waals surface area contributed by atoms with Crippen molar-refractivity contribution in [1.82, 2.24) is 19.6 Å². The topological polar surface area (TPSA) is 92.3 Å². The third-order valence-corrected chi connectivity index (χ3v) is 6.56. The first-order valence-corrected chi connectivity index (χ1v) is 11.2. The molecule has 7 nitrogen and oxygen atoms in total. The number of hydrogen-bond donors (Lipinski definition) is 1. The molecule has 2 heterocycles. The Labute approximate surface area is 177 Å². The Morgan fingerprint density at radius 3 is 2.40 bits per heavy atom. The Morgan fingerprint density at radius 1 is 1.07 bits per heavy atom. The van der Waals surface area contributed by atoms with Gasteiger partial charge in [-0.25, -0.2) is 32.3 Å². The van der Waals surface area contributed by atoms with Crippen LogP contribution in [0.25, 0.3) is 11.0 Å². The summed E-state index contributed by atoms with van der Waals surface area (Å²) in [5, 5.41) is 0.0523. The molecule has 10 heteroatoms. The molecule has 0 radical (unpaired) electrons. The van der Waals surface area contributed by atoms with Crippen LogP contribution in [0.5, 0.6) is 0 Å². The molecule has 0 aliphatic carbocycles. The van der Waals surface area contributed by atoms with Crippen LogP contribution in [0.1, 0.15) is 24.6 Å². The molecule has 2 unspecified atom stereocenters. The summed E-state index contributed by atoms with van der Waals surface area (Å²) in [6, 6.07) is 12.9. The van der Waals surface area contributed by atoms with E-state index in [2.05, 4.69) is 14.7 Å². The van der Waals surface area contributed by atoms with E-state index in [-0.39, 0.29) is 35.1 Å². The number of amides is 2. The van der Waals surface area contributed by atoms with E-state index in [1.165, 1.54) is 17.0 Å². The SMILES string of the molecule is O=C(NS(=O)(=O)c1ccccc1)N1CCC(F)CC1c1nc2ccccc2nc1Cl. The summed E-state index contributed by atoms with van der Waals surface area (Å²) in [6.07, 6.45) is -1.13. The molecule has 0 bridgehead atoms. The van der Waals surface area contributed by atoms with Crippen LogP contribution in [0.4, 0.5) is 9.18 Å². The molecule has 1 saturated heterocycles. The molecule has 2 aromatic carbocycles. The van der Waals surface area contributed by atoms with Crippen LogP contribution >= 0.6 is 11.6 Å². The smallest absolute Gasteiger partial charge is 0.315 e. The lowest BCUT2D eigenvalue weighted by molar-refractivity contribution is 0.109. The predicted molar refractivity (Wildman–Crippen MR) is 110 cm³/mol. The van der Waals surface area contributed by atoms with Crippen molar-refractivity contribution in [3.63, 3.8) is 0 Å². The van der Waals surface area contributed by atoms with Crippen molar-refractivity contribution in [2.24, 2.45) is 0 Å². The van der Waals surface area contributed by atoms with Gasteiger partial charge in [0.1, 0.15) is 11.9 Å². The number of aromatic nitrogens is 2. The molecule has 2 atom stereocenters. The van der Waals surface area contributed by atoms with Crippen LogP contribution in [0.2, 0.25) is 5.15 Å². The number of likely N-dealkylation sites (tertiary alicyclic amines) is 1. The number of carbonyl (C=O) groups excluding carboxylic acids is 1. The Bertz CT molecular complexity index is 1190. The third-order valence-electron chi connectivity index (χ3n) is 4.94. The summed E-state index contributed by atoms with van der Waals surface area (Å²) in [5.41, 5.74) is 1.36. The van der Waals surface area contributed by atoms with Gasteiger partial charge in [-0.15, -0.1) is 0 Å². The largest absolute Gasteiger partial charge is 0.331 e. The first-order valence-electron chi connectivity index (χ1n) is 9.30. The number of alkyl halides is 1. The molecule has 0 saturated carbocycles. The van der Waals surface area contributed by atoms with E-state index in [4.69, 9.17) is 11.6 Å². The molecule has 1 aromatic heterocycles. The van der Waals surface area contributed by atoms with E-state index >= 15 is 0 Å². The van der Waals surface area contributed by atoms with Crippen LogP contribution in [0.15, 0.2) is 59.5 Å². The van der Waals surface area contributed by atoms with Gasteiger partial charge in [0.15, 0.2) is 5.15 Å². The summed E-state index contributed by atoms with van der Waals surface area (Å²) in [5.74, 6) is 0. The first kappa shape index (κ1) is 20.5. The Balaban J connectivity index is 1.67. The van der Waals surface area contributed by atoms with Crippen LogP contribution in [-0.2, 0) is 10.0 Å². The summed E-state index contributed by atoms with van der Waals surface area (Å²) in [6.45, 7) is 0.0206. The van der Waals surface area contributed by atoms with Crippen molar-refractivity contribution in [2.45, 2.75) is 30.0 Å². The standard InChI is InChI=1S/C20H18ClFN4O3S/c21-19-18(23-15-8-4-5-9-16(15)24-19)17-12-13(22)10-11-26(17)20(27)25-30(28,29)14-6-2-1-3-7-14/h1-9,13,17H,10-12H2,(H,25,27). The highest BCUT2D eigenvalue weighted by molar-refractivity contribution is 7.90. The second-order valence-electron chi connectivity index (χ2n) is 6.94. The number of urea groups is 1. The minimum atomic E-state index is -4.08. The van der Waals surface area contributed by atoms with Gasteiger partial charge >= 0.3 is 6.03 Å². The molecular formula is C20H18ClFN4O3S. The minimum Gasteiger partial charge on any atom is -0.315 e. The number of nitrogens with zero attached hydrogens (tertiary/aromatic N) is 3. The summed E-state index contributed by atoms with van der Waals surface area (Å²) in [4.78, 5) is 22.9. The number of carbonyl (C=O) groups is 1. The van der Waals surface area contributed by atoms with Gasteiger partial charge in [-0.3, -0.25) is 0 Å². The zero-order chi connectivity index (χ0) is 21.3. The number of fused-ring (bicyclic) bond motifs is 1. The molecule has 1 aliphatic rings. The minimum absolute atomic E-state index is 0.0206. The van der Waals surface area contributed by atoms with Crippen molar-refractivity contribution >= 4 is 38.7 Å². The maximum atomic E-state index is 14.2. The molecule has 1 N–H and O–H groups in total. The van der Waals surface area contributed by atoms with Crippen molar-refractivity contribution < 1.29 is 17.6 Å². The molecule has 1 aliphatic heterocycles. The molecule has 156 valence electrons. The fraction of sp³-hybridized carbons (Fsp3) is 0.250. The number of piperidine rings is 1. The summed E-state index contributed by atoms with van der Waals surface area (Å²) < 4.78 is 41.4. The van der Waals surface area contributed by atoms with Gasteiger partial charge in [0, 0.05) is 13.0 Å². The molecular weight excluding hydrogens is 431 g/mol. The lowest BCUT2D eigenvalue weighted by atomic mass is 9.98. The van der Waals surface area contributed by atoms with Crippen LogP contribution < -0.4 is 4.72 Å². The van der Waals surface area contributed by atoms with Crippen molar-refractivity contribution in [3.8, 4) is 0 Å². The van der Waals surface area contributed by atoms with E-state index in [1.54, 1.807) is 42.5 Å². The maximum Gasteiger partial charge on any atom is 0.331 e. The highest BCUT2D eigenvalue weighted by Gasteiger charge is 2.37. The number of nitrogens with one attached hydrogen (secondary N) is 1. The Morgan fingerprint density at radius 2 is 1.70 bits per heavy atom. The van der Waals surface area contributed by atoms with Gasteiger partial charge in [0.25, 0.3) is 10.0 Å². The van der Waals surface area contributed by atoms with E-state index < -0.39 is 28.3 Å². The lowest BCUT2D eigenvalue weighted by Gasteiger charge is -2.36. The van der Waals surface area contributed by atoms with E-state index in [0.717, 1.165) is 0 Å². The van der Waals surface area contributed by atoms with Crippen molar-refractivity contribution in [3.05, 3.63) is 65.4 Å². The number of benzene rings is 2. The highest BCUT2D eigenvalue weighted by atomic mass is 35.5. The lowest BCUT2D eigenvalue weighted by Crippen LogP contribution is -2.48. The van der Waals surface area contributed by atoms with Gasteiger partial charge in [-0.2, -0.15) is 0 Å². The number of para-hydroxylation sites is 2. The molecule has 4 rings (SSSR count). The zero-order valence-corrected chi connectivity index (χ0v) is 17.3. The second-order valence-corrected chi connectivity index (χ2v) is 8.98. The first-order chi connectivity index (χ1) is 14.3. The number of sulfonamides is 1. The predicted octanol–water partition coefficient (Wildman–Crippen LogP) is 3.86. The van der Waals surface area contributed by atoms with E-state index in [0.29, 0.717) is 11.0 Å². The van der Waals surface area contributed by atoms with Crippen molar-refractivity contribution in [1.29, 1.82) is 0 Å². The Kier molecular flexibility index (Phi) is 5.57. The average molecular weight is 449 g/mol. The molecule has 0 spiro atoms. The molecule has 30 heavy (non-hydrogen) atoms. The van der Waals surface area contributed by atoms with Crippen LogP contribution in [0, 0.1) is 0 Å². The van der Waals surface area contributed by atoms with Gasteiger partial charge in [-0.1, -0.05) is 41.9 Å². The maximum absolute atomic E-state index is 14.2. The number of halogens is 2. The molecule has 3 aromatic rings. The zero-order valence-electron chi connectivity index (χ0n) is 15.7. The number of hydrogen-bond acceptors (Lipinski definition) is 5. The molecule has 1 fully saturated rings. The highest BCUT2D eigenvalue weighted by Crippen LogP contribution is 2.35. The summed E-state index contributed by atoms with van der Waals surface area (Å²) in [7, 11) is -4.08. The monoisotopic (exact) mass is 448 g/mol. The third kappa shape index (κ3) is 4.08. The van der Waals surface area contributed by atoms with Gasteiger partial charge in [0.05, 0.1) is 22.0 Å².